The molecule has 0 heterocycles. The fraction of sp³-hybridized carbons (Fsp3) is 0.357. The van der Waals surface area contributed by atoms with Gasteiger partial charge in [-0.25, -0.2) is 0 Å². The van der Waals surface area contributed by atoms with Crippen molar-refractivity contribution in [1.82, 2.24) is 0 Å². The van der Waals surface area contributed by atoms with Crippen molar-refractivity contribution in [3.63, 3.8) is 0 Å². The first-order valence-corrected chi connectivity index (χ1v) is 8.56. The summed E-state index contributed by atoms with van der Waals surface area (Å²) in [5, 5.41) is 6.14. The van der Waals surface area contributed by atoms with Crippen LogP contribution in [0, 0.1) is 6.92 Å². The summed E-state index contributed by atoms with van der Waals surface area (Å²) in [5.74, 6) is -0.181. The van der Waals surface area contributed by atoms with E-state index in [1.165, 1.54) is 18.9 Å². The summed E-state index contributed by atoms with van der Waals surface area (Å²) < 4.78 is 5.21. The van der Waals surface area contributed by atoms with Crippen molar-refractivity contribution in [2.24, 2.45) is 10.9 Å². The fourth-order valence-electron chi connectivity index (χ4n) is 1.31. The van der Waals surface area contributed by atoms with Crippen LogP contribution in [0.5, 0.6) is 0 Å². The molecule has 118 valence electrons. The monoisotopic (exact) mass is 348 g/mol. The Morgan fingerprint density at radius 2 is 2.00 bits per heavy atom. The number of esters is 1. The molecule has 21 heavy (non-hydrogen) atoms. The van der Waals surface area contributed by atoms with Gasteiger partial charge in [-0.1, -0.05) is 37.6 Å². The summed E-state index contributed by atoms with van der Waals surface area (Å²) in [6.45, 7) is 5.94. The maximum absolute atomic E-state index is 11.1. The largest absolute Gasteiger partial charge is 0.468 e. The molecule has 0 saturated heterocycles. The number of benzene rings is 1. The van der Waals surface area contributed by atoms with Gasteiger partial charge in [-0.2, -0.15) is 0 Å². The Hall–Kier alpha value is -0.820. The molecule has 0 bridgehead atoms. The Labute approximate surface area is 139 Å². The predicted octanol–water partition coefficient (Wildman–Crippen LogP) is 3.77. The van der Waals surface area contributed by atoms with E-state index in [2.05, 4.69) is 4.74 Å². The highest BCUT2D eigenvalue weighted by Crippen LogP contribution is 2.33. The van der Waals surface area contributed by atoms with Gasteiger partial charge in [0.25, 0.3) is 0 Å². The van der Waals surface area contributed by atoms with Crippen LogP contribution in [-0.2, 0) is 9.53 Å². The van der Waals surface area contributed by atoms with Crippen LogP contribution in [0.25, 0.3) is 5.70 Å². The van der Waals surface area contributed by atoms with Crippen LogP contribution < -0.4 is 10.9 Å². The zero-order valence-electron chi connectivity index (χ0n) is 12.6. The second-order valence-corrected chi connectivity index (χ2v) is 5.96. The zero-order chi connectivity index (χ0) is 16.4. The molecule has 1 aromatic carbocycles. The lowest BCUT2D eigenvalue weighted by atomic mass is 10.1. The molecule has 0 aromatic heterocycles. The number of thioether (sulfide) groups is 1. The number of carbonyl (C=O) groups excluding carboxylic acids is 1. The molecule has 0 aliphatic heterocycles. The highest BCUT2D eigenvalue weighted by atomic mass is 35.5. The summed E-state index contributed by atoms with van der Waals surface area (Å²) in [5.41, 5.74) is 8.27. The van der Waals surface area contributed by atoms with Gasteiger partial charge in [-0.3, -0.25) is 9.93 Å². The van der Waals surface area contributed by atoms with Gasteiger partial charge in [0.15, 0.2) is 0 Å². The molecule has 0 spiro atoms. The minimum absolute atomic E-state index is 0.153. The van der Waals surface area contributed by atoms with E-state index in [4.69, 9.17) is 22.5 Å². The molecule has 1 rings (SSSR count). The number of carbonyl (C=O) groups is 1. The zero-order valence-corrected chi connectivity index (χ0v) is 15.0. The van der Waals surface area contributed by atoms with E-state index in [1.807, 2.05) is 39.0 Å². The maximum atomic E-state index is 11.1. The van der Waals surface area contributed by atoms with E-state index in [-0.39, 0.29) is 11.7 Å². The number of halogens is 1. The second-order valence-electron chi connectivity index (χ2n) is 3.67. The molecule has 0 saturated carbocycles. The normalized spacial score (nSPS) is 11.1. The van der Waals surface area contributed by atoms with Crippen molar-refractivity contribution in [3.05, 3.63) is 38.6 Å². The highest BCUT2D eigenvalue weighted by Gasteiger charge is 2.12. The van der Waals surface area contributed by atoms with Gasteiger partial charge >= 0.3 is 5.97 Å². The maximum Gasteiger partial charge on any atom is 0.316 e. The number of ether oxygens (including phenoxy) is 1. The first kappa shape index (κ1) is 20.2. The SMILES string of the molecule is CC.COC(=O)CS/C(SN)=C(/N)c1ccc(C)cc1Cl. The molecule has 0 aliphatic carbocycles. The molecule has 0 unspecified atom stereocenters. The summed E-state index contributed by atoms with van der Waals surface area (Å²) in [6, 6.07) is 5.58. The van der Waals surface area contributed by atoms with Gasteiger partial charge in [-0.15, -0.1) is 11.8 Å². The minimum Gasteiger partial charge on any atom is -0.468 e. The molecule has 0 fully saturated rings. The van der Waals surface area contributed by atoms with Crippen molar-refractivity contribution in [3.8, 4) is 0 Å². The third-order valence-corrected chi connectivity index (χ3v) is 4.54. The van der Waals surface area contributed by atoms with E-state index in [1.54, 1.807) is 0 Å². The summed E-state index contributed by atoms with van der Waals surface area (Å²) >= 11 is 8.37. The highest BCUT2D eigenvalue weighted by molar-refractivity contribution is 8.21. The molecule has 1 aromatic rings. The third kappa shape index (κ3) is 6.65. The first-order valence-electron chi connectivity index (χ1n) is 6.32. The lowest BCUT2D eigenvalue weighted by molar-refractivity contribution is -0.137. The van der Waals surface area contributed by atoms with Crippen LogP contribution in [0.4, 0.5) is 0 Å². The molecule has 4 N–H and O–H groups in total. The van der Waals surface area contributed by atoms with Gasteiger partial charge < -0.3 is 10.5 Å². The number of nitrogens with two attached hydrogens (primary N) is 2. The average Bonchev–Trinajstić information content (AvgIpc) is 2.49. The van der Waals surface area contributed by atoms with Crippen LogP contribution in [0.15, 0.2) is 22.4 Å². The Bertz CT molecular complexity index is 508. The van der Waals surface area contributed by atoms with Crippen molar-refractivity contribution in [1.29, 1.82) is 0 Å². The molecule has 0 amide bonds. The van der Waals surface area contributed by atoms with Crippen LogP contribution >= 0.6 is 35.3 Å². The molecule has 0 radical (unpaired) electrons. The standard InChI is InChI=1S/C12H15ClN2O2S2.C2H6/c1-7-3-4-8(9(13)5-7)11(14)12(19-15)18-6-10(16)17-2;1-2/h3-5H,6,14-15H2,1-2H3;1-2H3/b12-11-;. The molecule has 4 nitrogen and oxygen atoms in total. The second kappa shape index (κ2) is 10.8. The van der Waals surface area contributed by atoms with Crippen molar-refractivity contribution in [2.75, 3.05) is 12.9 Å². The Balaban J connectivity index is 0.00000191. The lowest BCUT2D eigenvalue weighted by Gasteiger charge is -2.10. The Morgan fingerprint density at radius 1 is 1.38 bits per heavy atom. The first-order chi connectivity index (χ1) is 9.99. The number of hydrogen-bond acceptors (Lipinski definition) is 6. The average molecular weight is 349 g/mol. The van der Waals surface area contributed by atoms with Crippen molar-refractivity contribution >= 4 is 47.0 Å². The third-order valence-electron chi connectivity index (χ3n) is 2.29. The summed E-state index contributed by atoms with van der Waals surface area (Å²) in [4.78, 5) is 11.1. The van der Waals surface area contributed by atoms with Gasteiger partial charge in [0.05, 0.1) is 27.8 Å². The molecule has 0 atom stereocenters. The van der Waals surface area contributed by atoms with Crippen LogP contribution in [-0.4, -0.2) is 18.8 Å². The van der Waals surface area contributed by atoms with Crippen molar-refractivity contribution in [2.45, 2.75) is 20.8 Å². The molecule has 7 heteroatoms. The summed E-state index contributed by atoms with van der Waals surface area (Å²) in [7, 11) is 1.34. The van der Waals surface area contributed by atoms with Crippen LogP contribution in [0.3, 0.4) is 0 Å². The number of aryl methyl sites for hydroxylation is 1. The van der Waals surface area contributed by atoms with Crippen molar-refractivity contribution < 1.29 is 9.53 Å². The van der Waals surface area contributed by atoms with E-state index in [0.29, 0.717) is 20.5 Å². The Morgan fingerprint density at radius 3 is 2.48 bits per heavy atom. The molecule has 0 aliphatic rings. The van der Waals surface area contributed by atoms with Crippen LogP contribution in [0.2, 0.25) is 5.02 Å². The van der Waals surface area contributed by atoms with Gasteiger partial charge in [0.1, 0.15) is 0 Å². The lowest BCUT2D eigenvalue weighted by Crippen LogP contribution is -2.06. The van der Waals surface area contributed by atoms with E-state index in [0.717, 1.165) is 17.5 Å². The fourth-order valence-corrected chi connectivity index (χ4v) is 2.96. The topological polar surface area (TPSA) is 78.3 Å². The van der Waals surface area contributed by atoms with Gasteiger partial charge in [-0.05, 0) is 30.5 Å². The molecular formula is C14H21ClN2O2S2. The molecular weight excluding hydrogens is 328 g/mol. The van der Waals surface area contributed by atoms with Gasteiger partial charge in [0.2, 0.25) is 0 Å². The smallest absolute Gasteiger partial charge is 0.316 e. The van der Waals surface area contributed by atoms with E-state index < -0.39 is 0 Å². The van der Waals surface area contributed by atoms with Crippen LogP contribution in [0.1, 0.15) is 25.0 Å². The van der Waals surface area contributed by atoms with E-state index in [9.17, 15) is 4.79 Å². The van der Waals surface area contributed by atoms with Gasteiger partial charge in [0, 0.05) is 5.56 Å². The number of methoxy groups -OCH3 is 1. The quantitative estimate of drug-likeness (QED) is 0.623. The summed E-state index contributed by atoms with van der Waals surface area (Å²) in [6.07, 6.45) is 0. The Kier molecular flexibility index (Phi) is 10.4. The van der Waals surface area contributed by atoms with E-state index >= 15 is 0 Å². The predicted molar refractivity (Wildman–Crippen MR) is 94.9 cm³/mol. The number of rotatable bonds is 5. The minimum atomic E-state index is -0.334. The number of hydrogen-bond donors (Lipinski definition) is 2.